The van der Waals surface area contributed by atoms with Gasteiger partial charge in [0.2, 0.25) is 0 Å². The van der Waals surface area contributed by atoms with Crippen LogP contribution in [0.15, 0.2) is 24.3 Å². The van der Waals surface area contributed by atoms with Crippen LogP contribution in [-0.2, 0) is 17.9 Å². The smallest absolute Gasteiger partial charge is 0.407 e. The lowest BCUT2D eigenvalue weighted by molar-refractivity contribution is 0.0506. The fourth-order valence-corrected chi connectivity index (χ4v) is 2.58. The lowest BCUT2D eigenvalue weighted by Gasteiger charge is -2.22. The van der Waals surface area contributed by atoms with Gasteiger partial charge in [0, 0.05) is 25.7 Å². The number of nitrogens with one attached hydrogen (secondary N) is 1. The molecule has 1 amide bonds. The maximum atomic E-state index is 11.8. The van der Waals surface area contributed by atoms with Crippen LogP contribution < -0.4 is 5.32 Å². The van der Waals surface area contributed by atoms with E-state index in [1.807, 2.05) is 45.0 Å². The summed E-state index contributed by atoms with van der Waals surface area (Å²) in [6, 6.07) is 8.12. The van der Waals surface area contributed by atoms with Gasteiger partial charge < -0.3 is 15.2 Å². The van der Waals surface area contributed by atoms with Gasteiger partial charge in [0.05, 0.1) is 6.61 Å². The number of rotatable bonds is 4. The first-order chi connectivity index (χ1) is 10.4. The number of hydrogen-bond donors (Lipinski definition) is 2. The molecule has 2 N–H and O–H groups in total. The van der Waals surface area contributed by atoms with Gasteiger partial charge in [-0.3, -0.25) is 4.90 Å². The fraction of sp³-hybridized carbons (Fsp3) is 0.588. The van der Waals surface area contributed by atoms with Crippen LogP contribution in [0.1, 0.15) is 38.3 Å². The zero-order valence-electron chi connectivity index (χ0n) is 13.6. The summed E-state index contributed by atoms with van der Waals surface area (Å²) in [7, 11) is 0. The molecule has 0 aromatic heterocycles. The summed E-state index contributed by atoms with van der Waals surface area (Å²) in [5, 5.41) is 12.0. The third-order valence-electron chi connectivity index (χ3n) is 3.60. The van der Waals surface area contributed by atoms with Crippen LogP contribution in [0.25, 0.3) is 0 Å². The highest BCUT2D eigenvalue weighted by Crippen LogP contribution is 2.15. The number of nitrogens with zero attached hydrogens (tertiary/aromatic N) is 1. The molecule has 0 aliphatic carbocycles. The van der Waals surface area contributed by atoms with E-state index in [-0.39, 0.29) is 18.7 Å². The van der Waals surface area contributed by atoms with E-state index >= 15 is 0 Å². The summed E-state index contributed by atoms with van der Waals surface area (Å²) < 4.78 is 5.29. The monoisotopic (exact) mass is 306 g/mol. The molecule has 1 aromatic carbocycles. The predicted molar refractivity (Wildman–Crippen MR) is 85.4 cm³/mol. The number of alkyl carbamates (subject to hydrolysis) is 1. The summed E-state index contributed by atoms with van der Waals surface area (Å²) in [6.07, 6.45) is 0.597. The van der Waals surface area contributed by atoms with Crippen LogP contribution in [0.4, 0.5) is 4.79 Å². The Hall–Kier alpha value is -1.59. The SMILES string of the molecule is CC(C)(C)OC(=O)N[C@H]1CCN(Cc2ccc(CO)cc2)C1. The van der Waals surface area contributed by atoms with Crippen molar-refractivity contribution in [3.8, 4) is 0 Å². The van der Waals surface area contributed by atoms with E-state index in [0.717, 1.165) is 31.6 Å². The van der Waals surface area contributed by atoms with Crippen molar-refractivity contribution in [2.45, 2.75) is 52.0 Å². The van der Waals surface area contributed by atoms with Crippen molar-refractivity contribution in [1.29, 1.82) is 0 Å². The number of aliphatic hydroxyl groups is 1. The number of benzene rings is 1. The average Bonchev–Trinajstić information content (AvgIpc) is 2.84. The van der Waals surface area contributed by atoms with Gasteiger partial charge in [-0.15, -0.1) is 0 Å². The summed E-state index contributed by atoms with van der Waals surface area (Å²) in [5.74, 6) is 0. The molecule has 1 saturated heterocycles. The highest BCUT2D eigenvalue weighted by molar-refractivity contribution is 5.68. The van der Waals surface area contributed by atoms with Gasteiger partial charge in [0.15, 0.2) is 0 Å². The Bertz CT molecular complexity index is 494. The zero-order chi connectivity index (χ0) is 16.2. The zero-order valence-corrected chi connectivity index (χ0v) is 13.6. The second kappa shape index (κ2) is 7.11. The molecule has 122 valence electrons. The van der Waals surface area contributed by atoms with Gasteiger partial charge in [-0.2, -0.15) is 0 Å². The van der Waals surface area contributed by atoms with E-state index in [2.05, 4.69) is 10.2 Å². The van der Waals surface area contributed by atoms with Crippen LogP contribution in [0.5, 0.6) is 0 Å². The first-order valence-electron chi connectivity index (χ1n) is 7.76. The minimum atomic E-state index is -0.461. The Balaban J connectivity index is 1.78. The largest absolute Gasteiger partial charge is 0.444 e. The normalized spacial score (nSPS) is 19.2. The number of carbonyl (C=O) groups is 1. The van der Waals surface area contributed by atoms with E-state index in [0.29, 0.717) is 0 Å². The van der Waals surface area contributed by atoms with Crippen molar-refractivity contribution in [2.24, 2.45) is 0 Å². The van der Waals surface area contributed by atoms with Crippen molar-refractivity contribution in [3.63, 3.8) is 0 Å². The second-order valence-electron chi connectivity index (χ2n) is 6.84. The molecular weight excluding hydrogens is 280 g/mol. The third-order valence-corrected chi connectivity index (χ3v) is 3.60. The number of carbonyl (C=O) groups excluding carboxylic acids is 1. The molecular formula is C17H26N2O3. The van der Waals surface area contributed by atoms with Crippen LogP contribution in [-0.4, -0.2) is 40.8 Å². The molecule has 1 fully saturated rings. The van der Waals surface area contributed by atoms with Crippen LogP contribution in [0, 0.1) is 0 Å². The van der Waals surface area contributed by atoms with Crippen molar-refractivity contribution in [1.82, 2.24) is 10.2 Å². The lowest BCUT2D eigenvalue weighted by Crippen LogP contribution is -2.40. The number of hydrogen-bond acceptors (Lipinski definition) is 4. The van der Waals surface area contributed by atoms with Crippen molar-refractivity contribution >= 4 is 6.09 Å². The molecule has 0 saturated carbocycles. The van der Waals surface area contributed by atoms with E-state index in [4.69, 9.17) is 9.84 Å². The molecule has 0 spiro atoms. The third kappa shape index (κ3) is 5.31. The number of ether oxygens (including phenoxy) is 1. The lowest BCUT2D eigenvalue weighted by atomic mass is 10.1. The Kier molecular flexibility index (Phi) is 5.42. The Labute approximate surface area is 132 Å². The van der Waals surface area contributed by atoms with Crippen molar-refractivity contribution < 1.29 is 14.6 Å². The van der Waals surface area contributed by atoms with E-state index < -0.39 is 5.60 Å². The van der Waals surface area contributed by atoms with Gasteiger partial charge >= 0.3 is 6.09 Å². The van der Waals surface area contributed by atoms with E-state index in [1.165, 1.54) is 5.56 Å². The Morgan fingerprint density at radius 3 is 2.55 bits per heavy atom. The average molecular weight is 306 g/mol. The first kappa shape index (κ1) is 16.8. The highest BCUT2D eigenvalue weighted by Gasteiger charge is 2.25. The molecule has 1 atom stereocenters. The Morgan fingerprint density at radius 1 is 1.32 bits per heavy atom. The number of amides is 1. The van der Waals surface area contributed by atoms with Crippen LogP contribution in [0.3, 0.4) is 0 Å². The van der Waals surface area contributed by atoms with Crippen LogP contribution in [0.2, 0.25) is 0 Å². The van der Waals surface area contributed by atoms with Gasteiger partial charge in [-0.1, -0.05) is 24.3 Å². The topological polar surface area (TPSA) is 61.8 Å². The molecule has 5 heteroatoms. The highest BCUT2D eigenvalue weighted by atomic mass is 16.6. The maximum Gasteiger partial charge on any atom is 0.407 e. The fourth-order valence-electron chi connectivity index (χ4n) is 2.58. The second-order valence-corrected chi connectivity index (χ2v) is 6.84. The van der Waals surface area contributed by atoms with Gasteiger partial charge in [-0.25, -0.2) is 4.79 Å². The minimum absolute atomic E-state index is 0.0753. The summed E-state index contributed by atoms with van der Waals surface area (Å²) in [5.41, 5.74) is 1.68. The van der Waals surface area contributed by atoms with E-state index in [1.54, 1.807) is 0 Å². The predicted octanol–water partition coefficient (Wildman–Crippen LogP) is 2.28. The van der Waals surface area contributed by atoms with Crippen LogP contribution >= 0.6 is 0 Å². The first-order valence-corrected chi connectivity index (χ1v) is 7.76. The maximum absolute atomic E-state index is 11.8. The molecule has 0 unspecified atom stereocenters. The molecule has 2 rings (SSSR count). The van der Waals surface area contributed by atoms with Gasteiger partial charge in [0.1, 0.15) is 5.60 Å². The molecule has 5 nitrogen and oxygen atoms in total. The summed E-state index contributed by atoms with van der Waals surface area (Å²) in [6.45, 7) is 8.32. The molecule has 1 aliphatic heterocycles. The summed E-state index contributed by atoms with van der Waals surface area (Å²) in [4.78, 5) is 14.1. The van der Waals surface area contributed by atoms with Crippen molar-refractivity contribution in [2.75, 3.05) is 13.1 Å². The summed E-state index contributed by atoms with van der Waals surface area (Å²) >= 11 is 0. The van der Waals surface area contributed by atoms with Gasteiger partial charge in [0.25, 0.3) is 0 Å². The van der Waals surface area contributed by atoms with E-state index in [9.17, 15) is 4.79 Å². The Morgan fingerprint density at radius 2 is 1.95 bits per heavy atom. The molecule has 1 heterocycles. The molecule has 22 heavy (non-hydrogen) atoms. The molecule has 0 bridgehead atoms. The van der Waals surface area contributed by atoms with Crippen molar-refractivity contribution in [3.05, 3.63) is 35.4 Å². The number of likely N-dealkylation sites (tertiary alicyclic amines) is 1. The quantitative estimate of drug-likeness (QED) is 0.896. The number of aliphatic hydroxyl groups excluding tert-OH is 1. The molecule has 1 aromatic rings. The standard InChI is InChI=1S/C17H26N2O3/c1-17(2,3)22-16(21)18-15-8-9-19(11-15)10-13-4-6-14(12-20)7-5-13/h4-7,15,20H,8-12H2,1-3H3,(H,18,21)/t15-/m0/s1. The molecule has 1 aliphatic rings. The van der Waals surface area contributed by atoms with Gasteiger partial charge in [-0.05, 0) is 38.3 Å². The minimum Gasteiger partial charge on any atom is -0.444 e. The molecule has 0 radical (unpaired) electrons.